The molecule has 5 heteroatoms. The zero-order valence-corrected chi connectivity index (χ0v) is 20.6. The molecule has 0 saturated carbocycles. The molecule has 0 N–H and O–H groups in total. The minimum absolute atomic E-state index is 0. The molecule has 0 aliphatic heterocycles. The van der Waals surface area contributed by atoms with Crippen LogP contribution < -0.4 is 0 Å². The van der Waals surface area contributed by atoms with E-state index in [1.54, 1.807) is 54.6 Å². The maximum Gasteiger partial charge on any atom is 2.00 e. The summed E-state index contributed by atoms with van der Waals surface area (Å²) >= 11 is 0. The summed E-state index contributed by atoms with van der Waals surface area (Å²) in [6, 6.07) is 32.4. The Labute approximate surface area is 227 Å². The Kier molecular flexibility index (Phi) is 11.3. The molecule has 3 aromatic rings. The number of benzene rings is 2. The van der Waals surface area contributed by atoms with Crippen molar-refractivity contribution in [2.75, 3.05) is 0 Å². The zero-order valence-electron chi connectivity index (χ0n) is 19.5. The van der Waals surface area contributed by atoms with Crippen LogP contribution in [-0.2, 0) is 17.1 Å². The van der Waals surface area contributed by atoms with Crippen LogP contribution in [0.25, 0.3) is 11.0 Å². The van der Waals surface area contributed by atoms with Crippen molar-refractivity contribution in [1.82, 2.24) is 0 Å². The second-order valence-corrected chi connectivity index (χ2v) is 7.28. The molecule has 0 saturated heterocycles. The summed E-state index contributed by atoms with van der Waals surface area (Å²) in [7, 11) is 0. The largest absolute Gasteiger partial charge is 2.00 e. The molecule has 0 bridgehead atoms. The SMILES string of the molecule is C(#Cc1ccc[cH-]1)c1ccccc1.N#CC(=C=[N-])C(=C1C=CC=C1)C(=C(C#N)C#N)c1ccccc1.[Fe+2]. The summed E-state index contributed by atoms with van der Waals surface area (Å²) in [6.07, 6.45) is 7.00. The number of nitrogens with zero attached hydrogens (tertiary/aromatic N) is 4. The maximum atomic E-state index is 9.31. The van der Waals surface area contributed by atoms with Crippen molar-refractivity contribution in [3.05, 3.63) is 154 Å². The van der Waals surface area contributed by atoms with Crippen LogP contribution in [0.1, 0.15) is 16.7 Å². The molecular weight excluding hydrogens is 496 g/mol. The smallest absolute Gasteiger partial charge is 0.762 e. The first-order valence-corrected chi connectivity index (χ1v) is 10.9. The molecule has 4 nitrogen and oxygen atoms in total. The molecule has 3 aromatic carbocycles. The van der Waals surface area contributed by atoms with Crippen LogP contribution in [-0.4, -0.2) is 5.87 Å². The summed E-state index contributed by atoms with van der Waals surface area (Å²) in [5, 5.41) is 37.2. The van der Waals surface area contributed by atoms with Crippen LogP contribution in [0.3, 0.4) is 0 Å². The predicted molar refractivity (Wildman–Crippen MR) is 142 cm³/mol. The van der Waals surface area contributed by atoms with Gasteiger partial charge in [-0.05, 0) is 23.3 Å². The first-order chi connectivity index (χ1) is 17.7. The van der Waals surface area contributed by atoms with Crippen molar-refractivity contribution >= 4 is 11.4 Å². The number of allylic oxidation sites excluding steroid dienone is 9. The summed E-state index contributed by atoms with van der Waals surface area (Å²) in [5.41, 5.74) is 3.65. The Morgan fingerprint density at radius 2 is 1.35 bits per heavy atom. The molecule has 0 amide bonds. The molecule has 174 valence electrons. The summed E-state index contributed by atoms with van der Waals surface area (Å²) < 4.78 is 0. The number of hydrogen-bond donors (Lipinski definition) is 0. The third-order valence-electron chi connectivity index (χ3n) is 5.00. The molecule has 0 unspecified atom stereocenters. The minimum Gasteiger partial charge on any atom is -0.762 e. The van der Waals surface area contributed by atoms with Gasteiger partial charge in [0, 0.05) is 16.7 Å². The van der Waals surface area contributed by atoms with Gasteiger partial charge >= 0.3 is 17.1 Å². The first kappa shape index (κ1) is 28.0. The van der Waals surface area contributed by atoms with Crippen LogP contribution >= 0.6 is 0 Å². The maximum absolute atomic E-state index is 9.31. The van der Waals surface area contributed by atoms with E-state index in [0.29, 0.717) is 22.3 Å². The van der Waals surface area contributed by atoms with E-state index in [-0.39, 0.29) is 28.2 Å². The zero-order chi connectivity index (χ0) is 25.6. The van der Waals surface area contributed by atoms with E-state index in [9.17, 15) is 21.2 Å². The Morgan fingerprint density at radius 1 is 0.730 bits per heavy atom. The molecule has 4 rings (SSSR count). The first-order valence-electron chi connectivity index (χ1n) is 10.9. The van der Waals surface area contributed by atoms with Crippen molar-refractivity contribution in [1.29, 1.82) is 15.8 Å². The van der Waals surface area contributed by atoms with Crippen molar-refractivity contribution in [3.63, 3.8) is 0 Å². The van der Waals surface area contributed by atoms with Crippen molar-refractivity contribution in [2.45, 2.75) is 0 Å². The quantitative estimate of drug-likeness (QED) is 0.133. The molecule has 0 aromatic heterocycles. The van der Waals surface area contributed by atoms with Crippen LogP contribution in [0.15, 0.2) is 132 Å². The van der Waals surface area contributed by atoms with Crippen LogP contribution in [0.2, 0.25) is 0 Å². The molecule has 1 aliphatic carbocycles. The molecular formula is C32H18FeN4. The van der Waals surface area contributed by atoms with Gasteiger partial charge in [0.25, 0.3) is 0 Å². The average molecular weight is 514 g/mol. The van der Waals surface area contributed by atoms with Crippen LogP contribution in [0.5, 0.6) is 0 Å². The van der Waals surface area contributed by atoms with Gasteiger partial charge in [0.1, 0.15) is 23.8 Å². The van der Waals surface area contributed by atoms with Gasteiger partial charge in [-0.25, -0.2) is 5.87 Å². The standard InChI is InChI=1S/C19H9N4.C13H9.Fe/c20-10-16(11-21)18(14-6-2-1-3-7-14)19(17(12-22)13-23)15-8-4-5-9-15;1-2-6-12(7-3-1)10-11-13-8-4-5-9-13;/h1-9H;1-9H;/q2*-1;+2. The molecule has 0 atom stereocenters. The van der Waals surface area contributed by atoms with Crippen molar-refractivity contribution in [2.24, 2.45) is 0 Å². The van der Waals surface area contributed by atoms with E-state index in [4.69, 9.17) is 0 Å². The van der Waals surface area contributed by atoms with Gasteiger partial charge in [-0.2, -0.15) is 39.9 Å². The molecule has 0 heterocycles. The Bertz CT molecular complexity index is 1550. The Hall–Kier alpha value is -5.25. The average Bonchev–Trinajstić information content (AvgIpc) is 3.66. The number of rotatable bonds is 3. The van der Waals surface area contributed by atoms with Gasteiger partial charge in [-0.3, -0.25) is 0 Å². The fourth-order valence-corrected chi connectivity index (χ4v) is 3.37. The van der Waals surface area contributed by atoms with Gasteiger partial charge in [-0.15, -0.1) is 17.6 Å². The topological polar surface area (TPSA) is 93.7 Å². The summed E-state index contributed by atoms with van der Waals surface area (Å²) in [5.74, 6) is 8.05. The van der Waals surface area contributed by atoms with Gasteiger partial charge < -0.3 is 5.41 Å². The molecule has 37 heavy (non-hydrogen) atoms. The fraction of sp³-hybridized carbons (Fsp3) is 0. The van der Waals surface area contributed by atoms with E-state index >= 15 is 0 Å². The van der Waals surface area contributed by atoms with E-state index in [1.807, 2.05) is 78.7 Å². The van der Waals surface area contributed by atoms with Crippen LogP contribution in [0, 0.1) is 45.8 Å². The van der Waals surface area contributed by atoms with Gasteiger partial charge in [0.15, 0.2) is 0 Å². The van der Waals surface area contributed by atoms with E-state index in [1.165, 1.54) is 0 Å². The summed E-state index contributed by atoms with van der Waals surface area (Å²) in [4.78, 5) is 0. The summed E-state index contributed by atoms with van der Waals surface area (Å²) in [6.45, 7) is 0. The van der Waals surface area contributed by atoms with Crippen molar-refractivity contribution in [3.8, 4) is 30.0 Å². The molecule has 0 fully saturated rings. The predicted octanol–water partition coefficient (Wildman–Crippen LogP) is 6.40. The van der Waals surface area contributed by atoms with Gasteiger partial charge in [0.2, 0.25) is 0 Å². The fourth-order valence-electron chi connectivity index (χ4n) is 3.37. The van der Waals surface area contributed by atoms with Gasteiger partial charge in [0.05, 0.1) is 5.57 Å². The normalized spacial score (nSPS) is 9.92. The second kappa shape index (κ2) is 14.9. The number of hydrogen-bond acceptors (Lipinski definition) is 3. The van der Waals surface area contributed by atoms with E-state index < -0.39 is 0 Å². The third kappa shape index (κ3) is 7.62. The van der Waals surface area contributed by atoms with Crippen LogP contribution in [0.4, 0.5) is 0 Å². The van der Waals surface area contributed by atoms with E-state index in [0.717, 1.165) is 11.1 Å². The Balaban J connectivity index is 0.000000291. The van der Waals surface area contributed by atoms with Gasteiger partial charge in [-0.1, -0.05) is 72.8 Å². The third-order valence-corrected chi connectivity index (χ3v) is 5.00. The monoisotopic (exact) mass is 514 g/mol. The van der Waals surface area contributed by atoms with E-state index in [2.05, 4.69) is 11.8 Å². The van der Waals surface area contributed by atoms with Crippen molar-refractivity contribution < 1.29 is 17.1 Å². The molecule has 0 spiro atoms. The second-order valence-electron chi connectivity index (χ2n) is 7.28. The number of nitriles is 3. The molecule has 1 aliphatic rings. The Morgan fingerprint density at radius 3 is 1.86 bits per heavy atom. The minimum atomic E-state index is -0.143. The molecule has 0 radical (unpaired) electrons.